The number of nitrogens with two attached hydrogens (primary N) is 2. The fourth-order valence-electron chi connectivity index (χ4n) is 1.60. The lowest BCUT2D eigenvalue weighted by Gasteiger charge is -2.16. The molecule has 5 nitrogen and oxygen atoms in total. The van der Waals surface area contributed by atoms with Gasteiger partial charge in [0.05, 0.1) is 5.56 Å². The van der Waals surface area contributed by atoms with Gasteiger partial charge in [-0.15, -0.1) is 0 Å². The second kappa shape index (κ2) is 4.96. The Morgan fingerprint density at radius 1 is 1.50 bits per heavy atom. The number of carbonyl (C=O) groups is 1. The predicted molar refractivity (Wildman–Crippen MR) is 60.4 cm³/mol. The molecule has 16 heavy (non-hydrogen) atoms. The smallest absolute Gasteiger partial charge is 0.336 e. The first-order valence-corrected chi connectivity index (χ1v) is 5.00. The van der Waals surface area contributed by atoms with Crippen LogP contribution in [0, 0.1) is 6.92 Å². The van der Waals surface area contributed by atoms with E-state index in [0.717, 1.165) is 0 Å². The van der Waals surface area contributed by atoms with Crippen LogP contribution in [-0.2, 0) is 0 Å². The SMILES string of the molecule is Cc1ccc(C(=O)O)c([C@H](N)CCN)c1O. The highest BCUT2D eigenvalue weighted by molar-refractivity contribution is 5.90. The molecule has 0 saturated heterocycles. The van der Waals surface area contributed by atoms with Crippen LogP contribution in [0.2, 0.25) is 0 Å². The molecule has 1 rings (SSSR count). The molecule has 0 aliphatic heterocycles. The average Bonchev–Trinajstić information content (AvgIpc) is 2.21. The molecule has 0 unspecified atom stereocenters. The lowest BCUT2D eigenvalue weighted by molar-refractivity contribution is 0.0694. The van der Waals surface area contributed by atoms with Crippen molar-refractivity contribution < 1.29 is 15.0 Å². The van der Waals surface area contributed by atoms with Gasteiger partial charge in [-0.2, -0.15) is 0 Å². The standard InChI is InChI=1S/C11H16N2O3/c1-6-2-3-7(11(15)16)9(10(6)14)8(13)4-5-12/h2-3,8,14H,4-5,12-13H2,1H3,(H,15,16)/t8-/m1/s1. The van der Waals surface area contributed by atoms with Crippen molar-refractivity contribution in [3.8, 4) is 5.75 Å². The Morgan fingerprint density at radius 2 is 2.12 bits per heavy atom. The number of phenolic OH excluding ortho intramolecular Hbond substituents is 1. The van der Waals surface area contributed by atoms with Gasteiger partial charge in [0.15, 0.2) is 0 Å². The summed E-state index contributed by atoms with van der Waals surface area (Å²) in [6.07, 6.45) is 0.428. The van der Waals surface area contributed by atoms with E-state index in [2.05, 4.69) is 0 Å². The first kappa shape index (κ1) is 12.5. The summed E-state index contributed by atoms with van der Waals surface area (Å²) in [5.74, 6) is -1.15. The molecule has 0 bridgehead atoms. The number of carboxylic acid groups (broad SMARTS) is 1. The number of aromatic hydroxyl groups is 1. The molecular formula is C11H16N2O3. The molecule has 1 atom stereocenters. The van der Waals surface area contributed by atoms with E-state index < -0.39 is 12.0 Å². The zero-order chi connectivity index (χ0) is 12.3. The summed E-state index contributed by atoms with van der Waals surface area (Å²) in [4.78, 5) is 11.0. The van der Waals surface area contributed by atoms with Crippen molar-refractivity contribution in [1.82, 2.24) is 0 Å². The van der Waals surface area contributed by atoms with E-state index in [1.54, 1.807) is 13.0 Å². The Labute approximate surface area is 93.7 Å². The number of hydrogen-bond acceptors (Lipinski definition) is 4. The highest BCUT2D eigenvalue weighted by Crippen LogP contribution is 2.31. The van der Waals surface area contributed by atoms with E-state index in [-0.39, 0.29) is 16.9 Å². The summed E-state index contributed by atoms with van der Waals surface area (Å²) in [6, 6.07) is 2.44. The van der Waals surface area contributed by atoms with Crippen molar-refractivity contribution in [2.45, 2.75) is 19.4 Å². The monoisotopic (exact) mass is 224 g/mol. The van der Waals surface area contributed by atoms with Gasteiger partial charge in [-0.1, -0.05) is 6.07 Å². The zero-order valence-electron chi connectivity index (χ0n) is 9.10. The minimum absolute atomic E-state index is 0.0315. The van der Waals surface area contributed by atoms with Crippen molar-refractivity contribution >= 4 is 5.97 Å². The molecule has 0 aliphatic carbocycles. The van der Waals surface area contributed by atoms with E-state index in [1.807, 2.05) is 0 Å². The van der Waals surface area contributed by atoms with Gasteiger partial charge in [-0.25, -0.2) is 4.79 Å². The highest BCUT2D eigenvalue weighted by Gasteiger charge is 2.20. The van der Waals surface area contributed by atoms with Crippen molar-refractivity contribution in [2.24, 2.45) is 11.5 Å². The van der Waals surface area contributed by atoms with Crippen molar-refractivity contribution in [3.63, 3.8) is 0 Å². The normalized spacial score (nSPS) is 12.4. The van der Waals surface area contributed by atoms with E-state index in [4.69, 9.17) is 16.6 Å². The van der Waals surface area contributed by atoms with Gasteiger partial charge in [-0.3, -0.25) is 0 Å². The topological polar surface area (TPSA) is 110 Å². The molecule has 0 saturated carbocycles. The Morgan fingerprint density at radius 3 is 2.62 bits per heavy atom. The first-order valence-electron chi connectivity index (χ1n) is 5.00. The maximum Gasteiger partial charge on any atom is 0.336 e. The van der Waals surface area contributed by atoms with Crippen LogP contribution in [0.1, 0.15) is 33.9 Å². The van der Waals surface area contributed by atoms with E-state index in [0.29, 0.717) is 18.5 Å². The van der Waals surface area contributed by atoms with Crippen molar-refractivity contribution in [2.75, 3.05) is 6.54 Å². The van der Waals surface area contributed by atoms with Crippen LogP contribution in [0.25, 0.3) is 0 Å². The quantitative estimate of drug-likeness (QED) is 0.603. The minimum Gasteiger partial charge on any atom is -0.507 e. The number of benzene rings is 1. The van der Waals surface area contributed by atoms with E-state index in [1.165, 1.54) is 6.07 Å². The second-order valence-corrected chi connectivity index (χ2v) is 3.68. The first-order chi connectivity index (χ1) is 7.49. The van der Waals surface area contributed by atoms with Gasteiger partial charge in [0.25, 0.3) is 0 Å². The average molecular weight is 224 g/mol. The third kappa shape index (κ3) is 2.32. The number of phenols is 1. The van der Waals surface area contributed by atoms with Crippen LogP contribution < -0.4 is 11.5 Å². The molecule has 0 aromatic heterocycles. The lowest BCUT2D eigenvalue weighted by atomic mass is 9.95. The predicted octanol–water partition coefficient (Wildman–Crippen LogP) is 0.747. The minimum atomic E-state index is -1.10. The third-order valence-corrected chi connectivity index (χ3v) is 2.50. The molecule has 6 N–H and O–H groups in total. The molecule has 0 radical (unpaired) electrons. The molecule has 5 heteroatoms. The number of aromatic carboxylic acids is 1. The van der Waals surface area contributed by atoms with E-state index in [9.17, 15) is 9.90 Å². The molecule has 0 heterocycles. The van der Waals surface area contributed by atoms with Gasteiger partial charge in [0.1, 0.15) is 5.75 Å². The van der Waals surface area contributed by atoms with Gasteiger partial charge in [0, 0.05) is 11.6 Å². The lowest BCUT2D eigenvalue weighted by Crippen LogP contribution is -2.19. The summed E-state index contributed by atoms with van der Waals surface area (Å²) in [5.41, 5.74) is 12.1. The molecule has 1 aromatic carbocycles. The Kier molecular flexibility index (Phi) is 3.87. The summed E-state index contributed by atoms with van der Waals surface area (Å²) in [7, 11) is 0. The molecule has 0 aliphatic rings. The Hall–Kier alpha value is -1.59. The number of rotatable bonds is 4. The molecular weight excluding hydrogens is 208 g/mol. The largest absolute Gasteiger partial charge is 0.507 e. The molecule has 88 valence electrons. The highest BCUT2D eigenvalue weighted by atomic mass is 16.4. The van der Waals surface area contributed by atoms with E-state index >= 15 is 0 Å². The molecule has 1 aromatic rings. The molecule has 0 fully saturated rings. The van der Waals surface area contributed by atoms with Crippen molar-refractivity contribution in [3.05, 3.63) is 28.8 Å². The fraction of sp³-hybridized carbons (Fsp3) is 0.364. The second-order valence-electron chi connectivity index (χ2n) is 3.68. The number of carboxylic acids is 1. The van der Waals surface area contributed by atoms with Crippen LogP contribution in [-0.4, -0.2) is 22.7 Å². The van der Waals surface area contributed by atoms with Gasteiger partial charge >= 0.3 is 5.97 Å². The summed E-state index contributed by atoms with van der Waals surface area (Å²) in [5, 5.41) is 18.8. The number of aryl methyl sites for hydroxylation is 1. The summed E-state index contributed by atoms with van der Waals surface area (Å²) >= 11 is 0. The van der Waals surface area contributed by atoms with Gasteiger partial charge < -0.3 is 21.7 Å². The van der Waals surface area contributed by atoms with Crippen molar-refractivity contribution in [1.29, 1.82) is 0 Å². The Bertz CT molecular complexity index is 404. The number of hydrogen-bond donors (Lipinski definition) is 4. The maximum absolute atomic E-state index is 11.0. The maximum atomic E-state index is 11.0. The van der Waals surface area contributed by atoms with Crippen LogP contribution in [0.4, 0.5) is 0 Å². The third-order valence-electron chi connectivity index (χ3n) is 2.50. The summed E-state index contributed by atoms with van der Waals surface area (Å²) < 4.78 is 0. The van der Waals surface area contributed by atoms with Gasteiger partial charge in [0.2, 0.25) is 0 Å². The van der Waals surface area contributed by atoms with Crippen LogP contribution in [0.3, 0.4) is 0 Å². The summed E-state index contributed by atoms with van der Waals surface area (Å²) in [6.45, 7) is 2.03. The molecule has 0 spiro atoms. The molecule has 0 amide bonds. The van der Waals surface area contributed by atoms with Crippen LogP contribution in [0.5, 0.6) is 5.75 Å². The zero-order valence-corrected chi connectivity index (χ0v) is 9.10. The van der Waals surface area contributed by atoms with Crippen LogP contribution in [0.15, 0.2) is 12.1 Å². The van der Waals surface area contributed by atoms with Gasteiger partial charge in [-0.05, 0) is 31.5 Å². The Balaban J connectivity index is 3.31. The fourth-order valence-corrected chi connectivity index (χ4v) is 1.60. The van der Waals surface area contributed by atoms with Crippen LogP contribution >= 0.6 is 0 Å².